The zero-order valence-electron chi connectivity index (χ0n) is 19.4. The second-order valence-electron chi connectivity index (χ2n) is 9.40. The fraction of sp³-hybridized carbons (Fsp3) is 0.321. The largest absolute Gasteiger partial charge is 0.369 e. The van der Waals surface area contributed by atoms with Crippen molar-refractivity contribution in [2.24, 2.45) is 5.92 Å². The molecular formula is C28H28F3N3O. The van der Waals surface area contributed by atoms with Crippen molar-refractivity contribution in [1.29, 1.82) is 0 Å². The minimum absolute atomic E-state index is 0.0187. The monoisotopic (exact) mass is 479 g/mol. The van der Waals surface area contributed by atoms with Gasteiger partial charge in [-0.3, -0.25) is 9.69 Å². The van der Waals surface area contributed by atoms with Crippen molar-refractivity contribution >= 4 is 11.6 Å². The molecule has 0 aromatic heterocycles. The maximum atomic E-state index is 14.0. The van der Waals surface area contributed by atoms with Crippen LogP contribution in [0.4, 0.5) is 18.9 Å². The first-order valence-corrected chi connectivity index (χ1v) is 12.0. The van der Waals surface area contributed by atoms with Crippen molar-refractivity contribution in [3.05, 3.63) is 101 Å². The zero-order chi connectivity index (χ0) is 24.4. The van der Waals surface area contributed by atoms with E-state index in [1.807, 2.05) is 11.0 Å². The number of carbonyl (C=O) groups is 1. The molecule has 182 valence electrons. The van der Waals surface area contributed by atoms with Gasteiger partial charge in [-0.25, -0.2) is 13.2 Å². The number of benzene rings is 3. The summed E-state index contributed by atoms with van der Waals surface area (Å²) in [4.78, 5) is 19.6. The van der Waals surface area contributed by atoms with Gasteiger partial charge in [0.15, 0.2) is 0 Å². The Balaban J connectivity index is 1.28. The molecule has 4 nitrogen and oxygen atoms in total. The van der Waals surface area contributed by atoms with Crippen LogP contribution in [0.25, 0.3) is 0 Å². The number of hydrogen-bond donors (Lipinski definition) is 0. The second kappa shape index (κ2) is 10.1. The van der Waals surface area contributed by atoms with Gasteiger partial charge in [0.25, 0.3) is 5.91 Å². The van der Waals surface area contributed by atoms with Gasteiger partial charge in [0, 0.05) is 63.0 Å². The number of anilines is 1. The molecule has 0 unspecified atom stereocenters. The lowest BCUT2D eigenvalue weighted by molar-refractivity contribution is 0.0782. The van der Waals surface area contributed by atoms with Crippen LogP contribution < -0.4 is 4.90 Å². The van der Waals surface area contributed by atoms with Gasteiger partial charge in [-0.1, -0.05) is 12.1 Å². The van der Waals surface area contributed by atoms with E-state index in [2.05, 4.69) is 9.80 Å². The quantitative estimate of drug-likeness (QED) is 0.527. The average molecular weight is 480 g/mol. The van der Waals surface area contributed by atoms with E-state index in [9.17, 15) is 18.0 Å². The molecule has 0 bridgehead atoms. The Morgan fingerprint density at radius 1 is 0.771 bits per heavy atom. The van der Waals surface area contributed by atoms with Crippen LogP contribution in [-0.2, 0) is 0 Å². The summed E-state index contributed by atoms with van der Waals surface area (Å²) in [5.41, 5.74) is 2.37. The Bertz CT molecular complexity index is 1160. The number of rotatable bonds is 5. The molecule has 2 aliphatic heterocycles. The summed E-state index contributed by atoms with van der Waals surface area (Å²) < 4.78 is 40.6. The summed E-state index contributed by atoms with van der Waals surface area (Å²) in [6.45, 7) is 5.24. The van der Waals surface area contributed by atoms with E-state index < -0.39 is 0 Å². The van der Waals surface area contributed by atoms with E-state index in [4.69, 9.17) is 0 Å². The zero-order valence-corrected chi connectivity index (χ0v) is 19.4. The minimum atomic E-state index is -0.377. The Hall–Kier alpha value is -3.32. The number of hydrogen-bond acceptors (Lipinski definition) is 3. The van der Waals surface area contributed by atoms with Gasteiger partial charge in [0.05, 0.1) is 0 Å². The van der Waals surface area contributed by atoms with Crippen LogP contribution in [0.5, 0.6) is 0 Å². The smallest absolute Gasteiger partial charge is 0.253 e. The van der Waals surface area contributed by atoms with E-state index in [0.29, 0.717) is 18.7 Å². The van der Waals surface area contributed by atoms with Gasteiger partial charge in [0.2, 0.25) is 0 Å². The van der Waals surface area contributed by atoms with E-state index in [0.717, 1.165) is 44.0 Å². The number of nitrogens with zero attached hydrogens (tertiary/aromatic N) is 3. The van der Waals surface area contributed by atoms with Gasteiger partial charge >= 0.3 is 0 Å². The van der Waals surface area contributed by atoms with Crippen LogP contribution in [0.3, 0.4) is 0 Å². The minimum Gasteiger partial charge on any atom is -0.369 e. The van der Waals surface area contributed by atoms with Crippen molar-refractivity contribution in [3.63, 3.8) is 0 Å². The third-order valence-electron chi connectivity index (χ3n) is 7.15. The molecule has 0 N–H and O–H groups in total. The van der Waals surface area contributed by atoms with Gasteiger partial charge in [0.1, 0.15) is 17.5 Å². The Labute approximate surface area is 203 Å². The van der Waals surface area contributed by atoms with Crippen LogP contribution in [0, 0.1) is 23.4 Å². The van der Waals surface area contributed by atoms with Gasteiger partial charge in [-0.2, -0.15) is 0 Å². The van der Waals surface area contributed by atoms with Gasteiger partial charge in [-0.15, -0.1) is 0 Å². The molecule has 2 atom stereocenters. The first kappa shape index (κ1) is 23.4. The number of amides is 1. The summed E-state index contributed by atoms with van der Waals surface area (Å²) in [5, 5.41) is 0. The van der Waals surface area contributed by atoms with E-state index >= 15 is 0 Å². The van der Waals surface area contributed by atoms with Crippen LogP contribution in [0.15, 0.2) is 72.8 Å². The third-order valence-corrected chi connectivity index (χ3v) is 7.15. The maximum absolute atomic E-state index is 14.0. The van der Waals surface area contributed by atoms with Crippen LogP contribution in [0.2, 0.25) is 0 Å². The highest BCUT2D eigenvalue weighted by molar-refractivity contribution is 5.94. The molecule has 7 heteroatoms. The van der Waals surface area contributed by atoms with Crippen molar-refractivity contribution in [3.8, 4) is 0 Å². The number of piperazine rings is 1. The Kier molecular flexibility index (Phi) is 6.77. The number of carbonyl (C=O) groups excluding carboxylic acids is 1. The fourth-order valence-electron chi connectivity index (χ4n) is 5.28. The predicted molar refractivity (Wildman–Crippen MR) is 130 cm³/mol. The first-order chi connectivity index (χ1) is 17.0. The molecule has 1 amide bonds. The van der Waals surface area contributed by atoms with Crippen molar-refractivity contribution in [2.45, 2.75) is 5.92 Å². The van der Waals surface area contributed by atoms with Gasteiger partial charge in [-0.05, 0) is 72.1 Å². The Morgan fingerprint density at radius 3 is 2.09 bits per heavy atom. The molecule has 0 saturated carbocycles. The SMILES string of the molecule is O=C(c1ccc(F)cc1)N1C[C@H](CN2CCN(c3ccc(F)cc3)CC2)[C@H](c2cccc(F)c2)C1. The molecule has 5 rings (SSSR count). The second-order valence-corrected chi connectivity index (χ2v) is 9.40. The maximum Gasteiger partial charge on any atom is 0.253 e. The van der Waals surface area contributed by atoms with Crippen molar-refractivity contribution in [2.75, 3.05) is 50.7 Å². The molecule has 3 aromatic rings. The van der Waals surface area contributed by atoms with Crippen LogP contribution in [-0.4, -0.2) is 61.5 Å². The summed E-state index contributed by atoms with van der Waals surface area (Å²) >= 11 is 0. The molecular weight excluding hydrogens is 451 g/mol. The lowest BCUT2D eigenvalue weighted by Crippen LogP contribution is -2.48. The summed E-state index contributed by atoms with van der Waals surface area (Å²) in [6, 6.07) is 18.8. The number of halogens is 3. The van der Waals surface area contributed by atoms with Crippen LogP contribution in [0.1, 0.15) is 21.8 Å². The molecule has 3 aromatic carbocycles. The molecule has 2 aliphatic rings. The highest BCUT2D eigenvalue weighted by Gasteiger charge is 2.38. The van der Waals surface area contributed by atoms with Crippen molar-refractivity contribution in [1.82, 2.24) is 9.80 Å². The first-order valence-electron chi connectivity index (χ1n) is 12.0. The molecule has 0 spiro atoms. The predicted octanol–water partition coefficient (Wildman–Crippen LogP) is 4.78. The molecule has 2 fully saturated rings. The topological polar surface area (TPSA) is 26.8 Å². The van der Waals surface area contributed by atoms with Crippen molar-refractivity contribution < 1.29 is 18.0 Å². The fourth-order valence-corrected chi connectivity index (χ4v) is 5.28. The molecule has 2 heterocycles. The summed E-state index contributed by atoms with van der Waals surface area (Å²) in [5.74, 6) is -0.855. The lowest BCUT2D eigenvalue weighted by Gasteiger charge is -2.37. The third kappa shape index (κ3) is 5.35. The molecule has 35 heavy (non-hydrogen) atoms. The van der Waals surface area contributed by atoms with Gasteiger partial charge < -0.3 is 9.80 Å². The summed E-state index contributed by atoms with van der Waals surface area (Å²) in [7, 11) is 0. The molecule has 0 aliphatic carbocycles. The summed E-state index contributed by atoms with van der Waals surface area (Å²) in [6.07, 6.45) is 0. The van der Waals surface area contributed by atoms with E-state index in [1.54, 1.807) is 24.3 Å². The Morgan fingerprint density at radius 2 is 1.43 bits per heavy atom. The average Bonchev–Trinajstić information content (AvgIpc) is 3.29. The highest BCUT2D eigenvalue weighted by atomic mass is 19.1. The van der Waals surface area contributed by atoms with E-state index in [1.165, 1.54) is 42.5 Å². The normalized spacial score (nSPS) is 20.9. The lowest BCUT2D eigenvalue weighted by atomic mass is 9.88. The number of likely N-dealkylation sites (tertiary alicyclic amines) is 1. The highest BCUT2D eigenvalue weighted by Crippen LogP contribution is 2.35. The standard InChI is InChI=1S/C28H28F3N3O/c29-23-6-4-20(5-7-23)28(35)34-18-22(27(19-34)21-2-1-3-25(31)16-21)17-32-12-14-33(15-13-32)26-10-8-24(30)9-11-26/h1-11,16,22,27H,12-15,17-19H2/t22-,27-/m0/s1. The van der Waals surface area contributed by atoms with Crippen LogP contribution >= 0.6 is 0 Å². The van der Waals surface area contributed by atoms with E-state index in [-0.39, 0.29) is 35.2 Å². The molecule has 2 saturated heterocycles. The molecule has 0 radical (unpaired) electrons.